The van der Waals surface area contributed by atoms with Gasteiger partial charge in [0.25, 0.3) is 5.91 Å². The standard InChI is InChI=1S/C16H15N3O/c1-13(11-14-5-3-2-4-6-14)12-18-19-16(20)15-7-9-17-10-8-15/h2-12H,1H3,(H,19,20)/b13-11-,18-12?. The Balaban J connectivity index is 1.94. The first-order valence-electron chi connectivity index (χ1n) is 6.22. The number of carbonyl (C=O) groups excluding carboxylic acids is 1. The van der Waals surface area contributed by atoms with Crippen molar-refractivity contribution in [3.63, 3.8) is 0 Å². The third-order valence-electron chi connectivity index (χ3n) is 2.57. The minimum Gasteiger partial charge on any atom is -0.267 e. The van der Waals surface area contributed by atoms with Crippen LogP contribution >= 0.6 is 0 Å². The molecule has 0 bridgehead atoms. The summed E-state index contributed by atoms with van der Waals surface area (Å²) in [7, 11) is 0. The summed E-state index contributed by atoms with van der Waals surface area (Å²) in [6, 6.07) is 13.2. The first kappa shape index (κ1) is 13.7. The third kappa shape index (κ3) is 4.17. The Hall–Kier alpha value is -2.75. The average molecular weight is 265 g/mol. The van der Waals surface area contributed by atoms with E-state index in [1.807, 2.05) is 43.3 Å². The SMILES string of the molecule is C/C(C=NNC(=O)c1ccncc1)=C/c1ccccc1. The maximum Gasteiger partial charge on any atom is 0.271 e. The highest BCUT2D eigenvalue weighted by Crippen LogP contribution is 2.04. The monoisotopic (exact) mass is 265 g/mol. The van der Waals surface area contributed by atoms with E-state index in [2.05, 4.69) is 15.5 Å². The Morgan fingerprint density at radius 3 is 2.55 bits per heavy atom. The summed E-state index contributed by atoms with van der Waals surface area (Å²) in [5.41, 5.74) is 5.05. The van der Waals surface area contributed by atoms with Crippen LogP contribution < -0.4 is 5.43 Å². The zero-order valence-electron chi connectivity index (χ0n) is 11.2. The molecule has 4 nitrogen and oxygen atoms in total. The maximum absolute atomic E-state index is 11.7. The van der Waals surface area contributed by atoms with Crippen LogP contribution in [0.1, 0.15) is 22.8 Å². The number of nitrogens with one attached hydrogen (secondary N) is 1. The largest absolute Gasteiger partial charge is 0.271 e. The van der Waals surface area contributed by atoms with Gasteiger partial charge in [-0.05, 0) is 30.2 Å². The number of aromatic nitrogens is 1. The lowest BCUT2D eigenvalue weighted by Crippen LogP contribution is -2.17. The summed E-state index contributed by atoms with van der Waals surface area (Å²) in [5.74, 6) is -0.254. The number of amides is 1. The van der Waals surface area contributed by atoms with Crippen molar-refractivity contribution in [1.29, 1.82) is 0 Å². The summed E-state index contributed by atoms with van der Waals surface area (Å²) in [5, 5.41) is 3.93. The van der Waals surface area contributed by atoms with Crippen LogP contribution in [0.25, 0.3) is 6.08 Å². The second-order valence-corrected chi connectivity index (χ2v) is 4.23. The van der Waals surface area contributed by atoms with Crippen LogP contribution in [0.5, 0.6) is 0 Å². The molecule has 20 heavy (non-hydrogen) atoms. The van der Waals surface area contributed by atoms with Crippen molar-refractivity contribution in [3.8, 4) is 0 Å². The predicted octanol–water partition coefficient (Wildman–Crippen LogP) is 2.90. The predicted molar refractivity (Wildman–Crippen MR) is 80.3 cm³/mol. The Morgan fingerprint density at radius 2 is 1.85 bits per heavy atom. The molecule has 1 aromatic carbocycles. The van der Waals surface area contributed by atoms with Gasteiger partial charge in [0, 0.05) is 18.0 Å². The Kier molecular flexibility index (Phi) is 4.78. The number of rotatable bonds is 4. The topological polar surface area (TPSA) is 54.4 Å². The maximum atomic E-state index is 11.7. The van der Waals surface area contributed by atoms with Crippen molar-refractivity contribution in [2.75, 3.05) is 0 Å². The molecule has 0 aliphatic rings. The Bertz CT molecular complexity index is 619. The van der Waals surface area contributed by atoms with Gasteiger partial charge in [0.2, 0.25) is 0 Å². The van der Waals surface area contributed by atoms with Gasteiger partial charge in [0.1, 0.15) is 0 Å². The van der Waals surface area contributed by atoms with E-state index in [0.29, 0.717) is 5.56 Å². The minimum absolute atomic E-state index is 0.254. The third-order valence-corrected chi connectivity index (χ3v) is 2.57. The molecule has 1 heterocycles. The van der Waals surface area contributed by atoms with Gasteiger partial charge in [-0.2, -0.15) is 5.10 Å². The highest BCUT2D eigenvalue weighted by atomic mass is 16.2. The number of pyridine rings is 1. The summed E-state index contributed by atoms with van der Waals surface area (Å²) in [6.45, 7) is 1.93. The van der Waals surface area contributed by atoms with E-state index in [0.717, 1.165) is 11.1 Å². The molecule has 0 saturated heterocycles. The van der Waals surface area contributed by atoms with Gasteiger partial charge in [-0.25, -0.2) is 5.43 Å². The van der Waals surface area contributed by atoms with E-state index in [4.69, 9.17) is 0 Å². The van der Waals surface area contributed by atoms with Crippen molar-refractivity contribution in [3.05, 3.63) is 71.6 Å². The van der Waals surface area contributed by atoms with Crippen molar-refractivity contribution in [1.82, 2.24) is 10.4 Å². The summed E-state index contributed by atoms with van der Waals surface area (Å²) < 4.78 is 0. The molecule has 0 aliphatic heterocycles. The number of allylic oxidation sites excluding steroid dienone is 1. The molecule has 0 radical (unpaired) electrons. The minimum atomic E-state index is -0.254. The molecular weight excluding hydrogens is 250 g/mol. The molecule has 0 unspecified atom stereocenters. The normalized spacial score (nSPS) is 11.6. The van der Waals surface area contributed by atoms with Gasteiger partial charge in [-0.3, -0.25) is 9.78 Å². The molecule has 0 aliphatic carbocycles. The average Bonchev–Trinajstić information content (AvgIpc) is 2.49. The van der Waals surface area contributed by atoms with Crippen LogP contribution in [0.2, 0.25) is 0 Å². The quantitative estimate of drug-likeness (QED) is 0.682. The van der Waals surface area contributed by atoms with Crippen LogP contribution in [0.15, 0.2) is 65.5 Å². The second-order valence-electron chi connectivity index (χ2n) is 4.23. The number of hydrogen-bond acceptors (Lipinski definition) is 3. The summed E-state index contributed by atoms with van der Waals surface area (Å²) in [4.78, 5) is 15.6. The van der Waals surface area contributed by atoms with Crippen LogP contribution in [-0.4, -0.2) is 17.1 Å². The van der Waals surface area contributed by atoms with E-state index in [1.165, 1.54) is 0 Å². The molecule has 0 saturated carbocycles. The molecule has 100 valence electrons. The lowest BCUT2D eigenvalue weighted by atomic mass is 10.1. The fourth-order valence-electron chi connectivity index (χ4n) is 1.61. The van der Waals surface area contributed by atoms with Crippen molar-refractivity contribution >= 4 is 18.2 Å². The van der Waals surface area contributed by atoms with Crippen LogP contribution in [0.4, 0.5) is 0 Å². The van der Waals surface area contributed by atoms with Gasteiger partial charge in [0.05, 0.1) is 6.21 Å². The summed E-state index contributed by atoms with van der Waals surface area (Å²) in [6.07, 6.45) is 6.74. The number of carbonyl (C=O) groups is 1. The van der Waals surface area contributed by atoms with E-state index < -0.39 is 0 Å². The molecule has 2 aromatic rings. The molecule has 1 aromatic heterocycles. The first-order valence-corrected chi connectivity index (χ1v) is 6.22. The van der Waals surface area contributed by atoms with E-state index in [9.17, 15) is 4.79 Å². The van der Waals surface area contributed by atoms with Gasteiger partial charge in [0.15, 0.2) is 0 Å². The highest BCUT2D eigenvalue weighted by Gasteiger charge is 2.01. The van der Waals surface area contributed by atoms with E-state index >= 15 is 0 Å². The van der Waals surface area contributed by atoms with Gasteiger partial charge < -0.3 is 0 Å². The van der Waals surface area contributed by atoms with Crippen molar-refractivity contribution < 1.29 is 4.79 Å². The Morgan fingerprint density at radius 1 is 1.15 bits per heavy atom. The van der Waals surface area contributed by atoms with Crippen molar-refractivity contribution in [2.45, 2.75) is 6.92 Å². The highest BCUT2D eigenvalue weighted by molar-refractivity contribution is 5.95. The molecule has 2 rings (SSSR count). The number of hydrogen-bond donors (Lipinski definition) is 1. The second kappa shape index (κ2) is 6.99. The molecule has 0 fully saturated rings. The molecule has 1 amide bonds. The smallest absolute Gasteiger partial charge is 0.267 e. The van der Waals surface area contributed by atoms with Gasteiger partial charge in [-0.15, -0.1) is 0 Å². The van der Waals surface area contributed by atoms with Crippen LogP contribution in [0.3, 0.4) is 0 Å². The molecule has 1 N–H and O–H groups in total. The zero-order chi connectivity index (χ0) is 14.2. The first-order chi connectivity index (χ1) is 9.75. The molecular formula is C16H15N3O. The fraction of sp³-hybridized carbons (Fsp3) is 0.0625. The molecule has 4 heteroatoms. The summed E-state index contributed by atoms with van der Waals surface area (Å²) >= 11 is 0. The van der Waals surface area contributed by atoms with Crippen LogP contribution in [-0.2, 0) is 0 Å². The number of benzene rings is 1. The molecule has 0 spiro atoms. The zero-order valence-corrected chi connectivity index (χ0v) is 11.2. The lowest BCUT2D eigenvalue weighted by molar-refractivity contribution is 0.0955. The Labute approximate surface area is 117 Å². The lowest BCUT2D eigenvalue weighted by Gasteiger charge is -1.98. The van der Waals surface area contributed by atoms with Gasteiger partial charge in [-0.1, -0.05) is 36.4 Å². The number of nitrogens with zero attached hydrogens (tertiary/aromatic N) is 2. The molecule has 0 atom stereocenters. The fourth-order valence-corrected chi connectivity index (χ4v) is 1.61. The number of hydrazone groups is 1. The van der Waals surface area contributed by atoms with Crippen molar-refractivity contribution in [2.24, 2.45) is 5.10 Å². The van der Waals surface area contributed by atoms with Crippen LogP contribution in [0, 0.1) is 0 Å². The van der Waals surface area contributed by atoms with Gasteiger partial charge >= 0.3 is 0 Å². The van der Waals surface area contributed by atoms with E-state index in [1.54, 1.807) is 30.7 Å². The van der Waals surface area contributed by atoms with E-state index in [-0.39, 0.29) is 5.91 Å².